The smallest absolute Gasteiger partial charge is 0.311 e. The molecule has 2 aromatic rings. The molecular formula is C18H21N3O5. The lowest BCUT2D eigenvalue weighted by atomic mass is 9.80. The van der Waals surface area contributed by atoms with E-state index in [1.165, 1.54) is 6.20 Å². The number of nitrogens with one attached hydrogen (secondary N) is 2. The molecule has 1 aromatic heterocycles. The number of hydrogen-bond donors (Lipinski definition) is 3. The van der Waals surface area contributed by atoms with Crippen molar-refractivity contribution in [3.63, 3.8) is 0 Å². The van der Waals surface area contributed by atoms with Crippen LogP contribution < -0.4 is 10.1 Å². The van der Waals surface area contributed by atoms with Crippen LogP contribution in [0.4, 0.5) is 0 Å². The molecule has 0 atom stereocenters. The molecule has 0 spiro atoms. The SMILES string of the molecule is COc1ccc(-c2[nH]ncc2C(=O)NCC2(C(=O)O)CCOCC2)cc1. The van der Waals surface area contributed by atoms with Crippen molar-refractivity contribution in [3.05, 3.63) is 36.0 Å². The number of carboxylic acids is 1. The number of aromatic amines is 1. The minimum absolute atomic E-state index is 0.0533. The highest BCUT2D eigenvalue weighted by Crippen LogP contribution is 2.30. The van der Waals surface area contributed by atoms with Gasteiger partial charge in [-0.1, -0.05) is 0 Å². The van der Waals surface area contributed by atoms with Gasteiger partial charge in [-0.3, -0.25) is 14.7 Å². The van der Waals surface area contributed by atoms with E-state index in [2.05, 4.69) is 15.5 Å². The molecule has 3 rings (SSSR count). The predicted molar refractivity (Wildman–Crippen MR) is 93.0 cm³/mol. The van der Waals surface area contributed by atoms with Crippen LogP contribution in [0.25, 0.3) is 11.3 Å². The van der Waals surface area contributed by atoms with E-state index in [0.717, 1.165) is 5.56 Å². The summed E-state index contributed by atoms with van der Waals surface area (Å²) in [6, 6.07) is 7.22. The molecule has 1 amide bonds. The standard InChI is InChI=1S/C18H21N3O5/c1-25-13-4-2-12(3-5-13)15-14(10-20-21-15)16(22)19-11-18(17(23)24)6-8-26-9-7-18/h2-5,10H,6-9,11H2,1H3,(H,19,22)(H,20,21)(H,23,24). The Kier molecular flexibility index (Phi) is 5.22. The van der Waals surface area contributed by atoms with E-state index < -0.39 is 11.4 Å². The molecule has 1 aliphatic heterocycles. The van der Waals surface area contributed by atoms with Crippen LogP contribution in [-0.4, -0.2) is 54.0 Å². The maximum absolute atomic E-state index is 12.6. The Bertz CT molecular complexity index is 778. The third-order valence-corrected chi connectivity index (χ3v) is 4.75. The average molecular weight is 359 g/mol. The number of aromatic nitrogens is 2. The number of methoxy groups -OCH3 is 1. The summed E-state index contributed by atoms with van der Waals surface area (Å²) in [6.07, 6.45) is 2.19. The number of nitrogens with zero attached hydrogens (tertiary/aromatic N) is 1. The summed E-state index contributed by atoms with van der Waals surface area (Å²) in [4.78, 5) is 24.3. The van der Waals surface area contributed by atoms with Gasteiger partial charge in [0.2, 0.25) is 0 Å². The van der Waals surface area contributed by atoms with Gasteiger partial charge in [-0.2, -0.15) is 5.10 Å². The Morgan fingerprint density at radius 2 is 2.00 bits per heavy atom. The van der Waals surface area contributed by atoms with Crippen molar-refractivity contribution in [1.29, 1.82) is 0 Å². The van der Waals surface area contributed by atoms with Gasteiger partial charge in [-0.05, 0) is 37.1 Å². The molecule has 1 saturated heterocycles. The Morgan fingerprint density at radius 1 is 1.31 bits per heavy atom. The van der Waals surface area contributed by atoms with E-state index in [-0.39, 0.29) is 12.5 Å². The Morgan fingerprint density at radius 3 is 2.62 bits per heavy atom. The van der Waals surface area contributed by atoms with Gasteiger partial charge >= 0.3 is 5.97 Å². The van der Waals surface area contributed by atoms with Crippen LogP contribution in [0.5, 0.6) is 5.75 Å². The van der Waals surface area contributed by atoms with Crippen LogP contribution in [-0.2, 0) is 9.53 Å². The van der Waals surface area contributed by atoms with Crippen LogP contribution in [0.3, 0.4) is 0 Å². The zero-order valence-corrected chi connectivity index (χ0v) is 14.4. The average Bonchev–Trinajstić information content (AvgIpc) is 3.16. The van der Waals surface area contributed by atoms with Gasteiger partial charge in [0.1, 0.15) is 5.75 Å². The number of amides is 1. The van der Waals surface area contributed by atoms with Gasteiger partial charge in [0, 0.05) is 25.3 Å². The molecule has 1 fully saturated rings. The van der Waals surface area contributed by atoms with E-state index in [1.807, 2.05) is 12.1 Å². The summed E-state index contributed by atoms with van der Waals surface area (Å²) >= 11 is 0. The molecule has 138 valence electrons. The van der Waals surface area contributed by atoms with Gasteiger partial charge < -0.3 is 19.9 Å². The van der Waals surface area contributed by atoms with Gasteiger partial charge in [0.25, 0.3) is 5.91 Å². The number of ether oxygens (including phenoxy) is 2. The lowest BCUT2D eigenvalue weighted by Gasteiger charge is -2.33. The number of aliphatic carboxylic acids is 1. The van der Waals surface area contributed by atoms with Crippen LogP contribution in [0.1, 0.15) is 23.2 Å². The van der Waals surface area contributed by atoms with E-state index in [4.69, 9.17) is 9.47 Å². The van der Waals surface area contributed by atoms with E-state index in [9.17, 15) is 14.7 Å². The fraction of sp³-hybridized carbons (Fsp3) is 0.389. The lowest BCUT2D eigenvalue weighted by Crippen LogP contribution is -2.46. The summed E-state index contributed by atoms with van der Waals surface area (Å²) < 4.78 is 10.4. The largest absolute Gasteiger partial charge is 0.497 e. The van der Waals surface area contributed by atoms with Crippen molar-refractivity contribution < 1.29 is 24.2 Å². The van der Waals surface area contributed by atoms with Crippen LogP contribution in [0.2, 0.25) is 0 Å². The molecule has 1 aromatic carbocycles. The number of benzene rings is 1. The van der Waals surface area contributed by atoms with Crippen LogP contribution in [0, 0.1) is 5.41 Å². The quantitative estimate of drug-likeness (QED) is 0.723. The zero-order chi connectivity index (χ0) is 18.6. The third-order valence-electron chi connectivity index (χ3n) is 4.75. The van der Waals surface area contributed by atoms with Gasteiger partial charge in [-0.15, -0.1) is 0 Å². The first-order valence-corrected chi connectivity index (χ1v) is 8.33. The summed E-state index contributed by atoms with van der Waals surface area (Å²) in [5.41, 5.74) is 0.731. The maximum atomic E-state index is 12.6. The van der Waals surface area contributed by atoms with E-state index >= 15 is 0 Å². The number of carbonyl (C=O) groups is 2. The summed E-state index contributed by atoms with van der Waals surface area (Å²) in [7, 11) is 1.58. The predicted octanol–water partition coefficient (Wildman–Crippen LogP) is 1.70. The number of H-pyrrole nitrogens is 1. The highest BCUT2D eigenvalue weighted by molar-refractivity contribution is 6.00. The van der Waals surface area contributed by atoms with Crippen molar-refractivity contribution in [3.8, 4) is 17.0 Å². The van der Waals surface area contributed by atoms with E-state index in [1.54, 1.807) is 19.2 Å². The second-order valence-corrected chi connectivity index (χ2v) is 6.27. The molecule has 0 aliphatic carbocycles. The Labute approximate surface area is 150 Å². The number of carbonyl (C=O) groups excluding carboxylic acids is 1. The van der Waals surface area contributed by atoms with Crippen molar-refractivity contribution in [2.75, 3.05) is 26.9 Å². The lowest BCUT2D eigenvalue weighted by molar-refractivity contribution is -0.154. The Hall–Kier alpha value is -2.87. The van der Waals surface area contributed by atoms with Crippen molar-refractivity contribution in [1.82, 2.24) is 15.5 Å². The molecule has 0 bridgehead atoms. The monoisotopic (exact) mass is 359 g/mol. The second-order valence-electron chi connectivity index (χ2n) is 6.27. The first-order valence-electron chi connectivity index (χ1n) is 8.33. The normalized spacial score (nSPS) is 16.0. The molecule has 2 heterocycles. The van der Waals surface area contributed by atoms with Crippen molar-refractivity contribution in [2.45, 2.75) is 12.8 Å². The third kappa shape index (κ3) is 3.55. The van der Waals surface area contributed by atoms with Crippen molar-refractivity contribution >= 4 is 11.9 Å². The molecule has 8 heteroatoms. The molecule has 3 N–H and O–H groups in total. The first-order chi connectivity index (χ1) is 12.6. The summed E-state index contributed by atoms with van der Waals surface area (Å²) in [6.45, 7) is 0.813. The molecule has 0 radical (unpaired) electrons. The minimum Gasteiger partial charge on any atom is -0.497 e. The fourth-order valence-corrected chi connectivity index (χ4v) is 3.01. The minimum atomic E-state index is -0.988. The topological polar surface area (TPSA) is 114 Å². The molecule has 0 unspecified atom stereocenters. The highest BCUT2D eigenvalue weighted by atomic mass is 16.5. The zero-order valence-electron chi connectivity index (χ0n) is 14.4. The van der Waals surface area contributed by atoms with Gasteiger partial charge in [0.05, 0.1) is 30.0 Å². The summed E-state index contributed by atoms with van der Waals surface area (Å²) in [5.74, 6) is -0.567. The van der Waals surface area contributed by atoms with Crippen LogP contribution >= 0.6 is 0 Å². The molecule has 0 saturated carbocycles. The van der Waals surface area contributed by atoms with E-state index in [0.29, 0.717) is 43.1 Å². The highest BCUT2D eigenvalue weighted by Gasteiger charge is 2.40. The molecular weight excluding hydrogens is 338 g/mol. The number of carboxylic acid groups (broad SMARTS) is 1. The molecule has 8 nitrogen and oxygen atoms in total. The maximum Gasteiger partial charge on any atom is 0.311 e. The fourth-order valence-electron chi connectivity index (χ4n) is 3.01. The Balaban J connectivity index is 1.74. The second kappa shape index (κ2) is 7.57. The van der Waals surface area contributed by atoms with Crippen LogP contribution in [0.15, 0.2) is 30.5 Å². The van der Waals surface area contributed by atoms with Gasteiger partial charge in [0.15, 0.2) is 0 Å². The van der Waals surface area contributed by atoms with Crippen molar-refractivity contribution in [2.24, 2.45) is 5.41 Å². The molecule has 26 heavy (non-hydrogen) atoms. The first kappa shape index (κ1) is 17.9. The molecule has 1 aliphatic rings. The van der Waals surface area contributed by atoms with Gasteiger partial charge in [-0.25, -0.2) is 0 Å². The number of rotatable bonds is 6. The summed E-state index contributed by atoms with van der Waals surface area (Å²) in [5, 5.41) is 19.1. The number of hydrogen-bond acceptors (Lipinski definition) is 5.